The Morgan fingerprint density at radius 3 is 2.57 bits per heavy atom. The third-order valence-electron chi connectivity index (χ3n) is 2.79. The lowest BCUT2D eigenvalue weighted by atomic mass is 10.3. The second kappa shape index (κ2) is 5.32. The first kappa shape index (κ1) is 11.5. The highest BCUT2D eigenvalue weighted by Gasteiger charge is 2.18. The molecule has 0 unspecified atom stereocenters. The summed E-state index contributed by atoms with van der Waals surface area (Å²) in [4.78, 5) is 15.7. The Bertz CT molecular complexity index is 194. The molecule has 0 spiro atoms. The van der Waals surface area contributed by atoms with Gasteiger partial charge in [0.15, 0.2) is 0 Å². The number of carbonyl (C=O) groups excluding carboxylic acids is 1. The number of hydrogen-bond acceptors (Lipinski definition) is 3. The Labute approximate surface area is 86.0 Å². The van der Waals surface area contributed by atoms with Crippen molar-refractivity contribution in [2.24, 2.45) is 5.73 Å². The zero-order valence-corrected chi connectivity index (χ0v) is 9.20. The van der Waals surface area contributed by atoms with Gasteiger partial charge in [0.2, 0.25) is 5.91 Å². The normalized spacial score (nSPS) is 19.9. The van der Waals surface area contributed by atoms with Crippen LogP contribution in [0, 0.1) is 0 Å². The number of nitrogens with two attached hydrogens (primary N) is 1. The predicted molar refractivity (Wildman–Crippen MR) is 57.0 cm³/mol. The van der Waals surface area contributed by atoms with E-state index in [0.717, 1.165) is 32.6 Å². The van der Waals surface area contributed by atoms with E-state index in [4.69, 9.17) is 5.73 Å². The molecule has 14 heavy (non-hydrogen) atoms. The van der Waals surface area contributed by atoms with Crippen LogP contribution in [0.1, 0.15) is 20.3 Å². The predicted octanol–water partition coefficient (Wildman–Crippen LogP) is -0.112. The van der Waals surface area contributed by atoms with Crippen molar-refractivity contribution in [1.82, 2.24) is 9.80 Å². The molecule has 0 aliphatic carbocycles. The summed E-state index contributed by atoms with van der Waals surface area (Å²) in [6, 6.07) is 0.572. The van der Waals surface area contributed by atoms with Gasteiger partial charge in [0.1, 0.15) is 0 Å². The van der Waals surface area contributed by atoms with Gasteiger partial charge in [0, 0.05) is 32.2 Å². The molecule has 1 aliphatic heterocycles. The van der Waals surface area contributed by atoms with Crippen molar-refractivity contribution in [2.45, 2.75) is 26.3 Å². The number of rotatable bonds is 2. The quantitative estimate of drug-likeness (QED) is 0.675. The van der Waals surface area contributed by atoms with E-state index in [-0.39, 0.29) is 12.5 Å². The van der Waals surface area contributed by atoms with E-state index in [9.17, 15) is 4.79 Å². The Balaban J connectivity index is 2.44. The van der Waals surface area contributed by atoms with Crippen molar-refractivity contribution in [3.05, 3.63) is 0 Å². The molecule has 4 heteroatoms. The van der Waals surface area contributed by atoms with Gasteiger partial charge in [-0.25, -0.2) is 0 Å². The fraction of sp³-hybridized carbons (Fsp3) is 0.900. The minimum absolute atomic E-state index is 0.0793. The van der Waals surface area contributed by atoms with E-state index >= 15 is 0 Å². The summed E-state index contributed by atoms with van der Waals surface area (Å²) in [7, 11) is 0. The molecule has 0 aromatic heterocycles. The molecule has 1 fully saturated rings. The smallest absolute Gasteiger partial charge is 0.236 e. The van der Waals surface area contributed by atoms with Crippen LogP contribution in [0.5, 0.6) is 0 Å². The minimum atomic E-state index is 0.0793. The molecule has 0 radical (unpaired) electrons. The number of amides is 1. The average Bonchev–Trinajstić information content (AvgIpc) is 2.41. The van der Waals surface area contributed by atoms with Crippen molar-refractivity contribution in [2.75, 3.05) is 32.7 Å². The van der Waals surface area contributed by atoms with Gasteiger partial charge >= 0.3 is 0 Å². The van der Waals surface area contributed by atoms with Crippen LogP contribution in [0.4, 0.5) is 0 Å². The Morgan fingerprint density at radius 2 is 2.00 bits per heavy atom. The summed E-state index contributed by atoms with van der Waals surface area (Å²) >= 11 is 0. The van der Waals surface area contributed by atoms with Crippen LogP contribution in [0.2, 0.25) is 0 Å². The molecule has 1 amide bonds. The van der Waals surface area contributed by atoms with Gasteiger partial charge in [0.25, 0.3) is 0 Å². The maximum Gasteiger partial charge on any atom is 0.236 e. The Kier molecular flexibility index (Phi) is 4.35. The molecular formula is C10H21N3O. The summed E-state index contributed by atoms with van der Waals surface area (Å²) in [5, 5.41) is 0. The van der Waals surface area contributed by atoms with Gasteiger partial charge in [-0.05, 0) is 20.3 Å². The fourth-order valence-corrected chi connectivity index (χ4v) is 1.83. The van der Waals surface area contributed by atoms with Crippen molar-refractivity contribution >= 4 is 5.91 Å². The van der Waals surface area contributed by atoms with Gasteiger partial charge in [-0.2, -0.15) is 0 Å². The molecule has 1 saturated heterocycles. The molecule has 0 aromatic carbocycles. The molecule has 1 aliphatic rings. The van der Waals surface area contributed by atoms with Gasteiger partial charge in [-0.1, -0.05) is 0 Å². The summed E-state index contributed by atoms with van der Waals surface area (Å²) in [5.41, 5.74) is 5.34. The van der Waals surface area contributed by atoms with Crippen LogP contribution in [-0.2, 0) is 4.79 Å². The van der Waals surface area contributed by atoms with E-state index in [1.54, 1.807) is 0 Å². The summed E-state index contributed by atoms with van der Waals surface area (Å²) in [6.07, 6.45) is 1.06. The van der Waals surface area contributed by atoms with Gasteiger partial charge in [0.05, 0.1) is 6.54 Å². The second-order valence-corrected chi connectivity index (χ2v) is 4.07. The van der Waals surface area contributed by atoms with Crippen LogP contribution in [0.15, 0.2) is 0 Å². The van der Waals surface area contributed by atoms with Gasteiger partial charge in [-0.3, -0.25) is 9.69 Å². The molecule has 1 rings (SSSR count). The first-order valence-corrected chi connectivity index (χ1v) is 5.37. The maximum absolute atomic E-state index is 11.4. The SMILES string of the molecule is CC(C)N1CCCN(C(=O)CN)CC1. The second-order valence-electron chi connectivity index (χ2n) is 4.07. The van der Waals surface area contributed by atoms with E-state index in [1.165, 1.54) is 0 Å². The monoisotopic (exact) mass is 199 g/mol. The lowest BCUT2D eigenvalue weighted by molar-refractivity contribution is -0.129. The van der Waals surface area contributed by atoms with Crippen LogP contribution in [0.25, 0.3) is 0 Å². The minimum Gasteiger partial charge on any atom is -0.340 e. The van der Waals surface area contributed by atoms with E-state index in [1.807, 2.05) is 4.90 Å². The van der Waals surface area contributed by atoms with E-state index in [2.05, 4.69) is 18.7 Å². The number of carbonyl (C=O) groups is 1. The lowest BCUT2D eigenvalue weighted by Gasteiger charge is -2.24. The van der Waals surface area contributed by atoms with Crippen molar-refractivity contribution in [1.29, 1.82) is 0 Å². The summed E-state index contributed by atoms with van der Waals surface area (Å²) < 4.78 is 0. The summed E-state index contributed by atoms with van der Waals surface area (Å²) in [6.45, 7) is 8.28. The molecule has 1 heterocycles. The Hall–Kier alpha value is -0.610. The van der Waals surface area contributed by atoms with Crippen LogP contribution >= 0.6 is 0 Å². The standard InChI is InChI=1S/C10H21N3O/c1-9(2)12-4-3-5-13(7-6-12)10(14)8-11/h9H,3-8,11H2,1-2H3. The maximum atomic E-state index is 11.4. The van der Waals surface area contributed by atoms with Crippen molar-refractivity contribution in [3.63, 3.8) is 0 Å². The highest BCUT2D eigenvalue weighted by molar-refractivity contribution is 5.78. The average molecular weight is 199 g/mol. The fourth-order valence-electron chi connectivity index (χ4n) is 1.83. The zero-order chi connectivity index (χ0) is 10.6. The van der Waals surface area contributed by atoms with Gasteiger partial charge in [-0.15, -0.1) is 0 Å². The summed E-state index contributed by atoms with van der Waals surface area (Å²) in [5.74, 6) is 0.0793. The van der Waals surface area contributed by atoms with E-state index < -0.39 is 0 Å². The molecule has 2 N–H and O–H groups in total. The molecule has 0 bridgehead atoms. The first-order valence-electron chi connectivity index (χ1n) is 5.37. The van der Waals surface area contributed by atoms with Crippen LogP contribution in [0.3, 0.4) is 0 Å². The topological polar surface area (TPSA) is 49.6 Å². The van der Waals surface area contributed by atoms with E-state index in [0.29, 0.717) is 6.04 Å². The number of nitrogens with zero attached hydrogens (tertiary/aromatic N) is 2. The van der Waals surface area contributed by atoms with Crippen molar-refractivity contribution < 1.29 is 4.79 Å². The lowest BCUT2D eigenvalue weighted by Crippen LogP contribution is -2.39. The largest absolute Gasteiger partial charge is 0.340 e. The van der Waals surface area contributed by atoms with Crippen molar-refractivity contribution in [3.8, 4) is 0 Å². The molecule has 82 valence electrons. The molecule has 0 saturated carbocycles. The highest BCUT2D eigenvalue weighted by Crippen LogP contribution is 2.06. The van der Waals surface area contributed by atoms with Crippen LogP contribution in [-0.4, -0.2) is 54.5 Å². The Morgan fingerprint density at radius 1 is 1.29 bits per heavy atom. The van der Waals surface area contributed by atoms with Gasteiger partial charge < -0.3 is 10.6 Å². The molecule has 0 aromatic rings. The molecular weight excluding hydrogens is 178 g/mol. The highest BCUT2D eigenvalue weighted by atomic mass is 16.2. The first-order chi connectivity index (χ1) is 6.65. The number of hydrogen-bond donors (Lipinski definition) is 1. The van der Waals surface area contributed by atoms with Crippen LogP contribution < -0.4 is 5.73 Å². The zero-order valence-electron chi connectivity index (χ0n) is 9.20. The molecule has 4 nitrogen and oxygen atoms in total. The third kappa shape index (κ3) is 2.96. The third-order valence-corrected chi connectivity index (χ3v) is 2.79. The molecule has 0 atom stereocenters.